The molecule has 0 bridgehead atoms. The molecule has 4 heteroatoms. The van der Waals surface area contributed by atoms with Gasteiger partial charge in [-0.15, -0.1) is 0 Å². The van der Waals surface area contributed by atoms with Crippen LogP contribution in [0.4, 0.5) is 0 Å². The van der Waals surface area contributed by atoms with Gasteiger partial charge in [-0.2, -0.15) is 0 Å². The number of hydrogen-bond acceptors (Lipinski definition) is 0. The number of rotatable bonds is 0. The number of hydrogen-bond donors (Lipinski definition) is 0. The van der Waals surface area contributed by atoms with Crippen molar-refractivity contribution in [1.82, 2.24) is 0 Å². The van der Waals surface area contributed by atoms with Crippen LogP contribution in [0.25, 0.3) is 0 Å². The van der Waals surface area contributed by atoms with E-state index in [2.05, 4.69) is 0 Å². The average Bonchev–Trinajstić information content (AvgIpc) is 0. The molecule has 0 aromatic rings. The normalized spacial score (nSPS) is 0. The van der Waals surface area contributed by atoms with E-state index in [1.54, 1.807) is 0 Å². The van der Waals surface area contributed by atoms with Crippen LogP contribution in [0.5, 0.6) is 0 Å². The van der Waals surface area contributed by atoms with Gasteiger partial charge in [-0.1, -0.05) is 0 Å². The van der Waals surface area contributed by atoms with E-state index in [9.17, 15) is 0 Å². The molecule has 0 unspecified atom stereocenters. The molecule has 0 aliphatic rings. The molecule has 0 heterocycles. The van der Waals surface area contributed by atoms with Crippen LogP contribution in [0.15, 0.2) is 0 Å². The predicted molar refractivity (Wildman–Crippen MR) is 17.3 cm³/mol. The first-order valence-electron chi connectivity index (χ1n) is 0. The maximum absolute atomic E-state index is 0. The van der Waals surface area contributed by atoms with Gasteiger partial charge in [0.2, 0.25) is 0 Å². The third-order valence-electron chi connectivity index (χ3n) is 0. The van der Waals surface area contributed by atoms with Crippen LogP contribution < -0.4 is 0 Å². The zero-order valence-electron chi connectivity index (χ0n) is 3.02. The van der Waals surface area contributed by atoms with Crippen molar-refractivity contribution < 1.29 is 16.5 Å². The first-order chi connectivity index (χ1) is 0. The summed E-state index contributed by atoms with van der Waals surface area (Å²) in [5.74, 6) is 0. The molecule has 0 amide bonds. The minimum absolute atomic E-state index is 0. The Morgan fingerprint density at radius 1 is 1.00 bits per heavy atom. The van der Waals surface area contributed by atoms with Crippen LogP contribution in [0, 0.1) is 0 Å². The van der Waals surface area contributed by atoms with Crippen LogP contribution in [0.2, 0.25) is 0 Å². The molecule has 0 aromatic heterocycles. The van der Waals surface area contributed by atoms with Crippen molar-refractivity contribution in [2.75, 3.05) is 0 Å². The Kier molecular flexibility index (Phi) is 101. The van der Waals surface area contributed by atoms with E-state index in [0.717, 1.165) is 0 Å². The van der Waals surface area contributed by atoms with Crippen LogP contribution in [0.3, 0.4) is 0 Å². The summed E-state index contributed by atoms with van der Waals surface area (Å²) in [6.07, 6.45) is 0. The van der Waals surface area contributed by atoms with Gasteiger partial charge >= 0.3 is 0 Å². The minimum Gasteiger partial charge on any atom is 0 e. The van der Waals surface area contributed by atoms with Crippen molar-refractivity contribution in [3.63, 3.8) is 0 Å². The van der Waals surface area contributed by atoms with E-state index >= 15 is 0 Å². The van der Waals surface area contributed by atoms with Gasteiger partial charge in [0.15, 0.2) is 0 Å². The Bertz CT molecular complexity index is 8.00. The van der Waals surface area contributed by atoms with Crippen molar-refractivity contribution in [2.24, 2.45) is 0 Å². The van der Waals surface area contributed by atoms with Crippen molar-refractivity contribution in [3.05, 3.63) is 0 Å². The fraction of sp³-hybridized carbons (Fsp3) is 0. The van der Waals surface area contributed by atoms with Crippen molar-refractivity contribution >= 4 is 97.3 Å². The maximum atomic E-state index is 0. The molecule has 0 fully saturated rings. The molecule has 0 atom stereocenters. The quantitative estimate of drug-likeness (QED) is 0.458. The Morgan fingerprint density at radius 2 is 1.00 bits per heavy atom. The Morgan fingerprint density at radius 3 is 1.00 bits per heavy atom. The third-order valence-corrected chi connectivity index (χ3v) is 0. The van der Waals surface area contributed by atoms with Crippen LogP contribution >= 0.6 is 0 Å². The molecule has 0 N–H and O–H groups in total. The summed E-state index contributed by atoms with van der Waals surface area (Å²) in [5.41, 5.74) is 0. The molecule has 0 rings (SSSR count). The summed E-state index contributed by atoms with van der Waals surface area (Å²) >= 11 is 0. The summed E-state index contributed by atoms with van der Waals surface area (Å²) in [5, 5.41) is 0. The monoisotopic (exact) mass is 226 g/mol. The van der Waals surface area contributed by atoms with E-state index in [0.29, 0.717) is 0 Å². The van der Waals surface area contributed by atoms with E-state index in [1.165, 1.54) is 0 Å². The van der Waals surface area contributed by atoms with E-state index < -0.39 is 0 Å². The minimum atomic E-state index is 0. The molecule has 0 saturated heterocycles. The van der Waals surface area contributed by atoms with Gasteiger partial charge in [-0.3, -0.25) is 0 Å². The first kappa shape index (κ1) is 25.4. The first-order valence-corrected chi connectivity index (χ1v) is 0. The molecule has 0 aliphatic heterocycles. The fourth-order valence-electron chi connectivity index (χ4n) is 0. The molecule has 0 nitrogen and oxygen atoms in total. The summed E-state index contributed by atoms with van der Waals surface area (Å²) in [6.45, 7) is 0. The van der Waals surface area contributed by atoms with Crippen molar-refractivity contribution in [3.8, 4) is 0 Å². The Balaban J connectivity index is 0. The van der Waals surface area contributed by atoms with Gasteiger partial charge in [0.25, 0.3) is 0 Å². The van der Waals surface area contributed by atoms with Crippen molar-refractivity contribution in [2.45, 2.75) is 0 Å². The molecular weight excluding hydrogens is 226 g/mol. The van der Waals surface area contributed by atoms with Gasteiger partial charge < -0.3 is 0 Å². The largest absolute Gasteiger partial charge is 0 e. The van der Waals surface area contributed by atoms with Crippen LogP contribution in [-0.2, 0) is 16.5 Å². The van der Waals surface area contributed by atoms with Gasteiger partial charge in [0.05, 0.1) is 0 Å². The topological polar surface area (TPSA) is 0 Å². The summed E-state index contributed by atoms with van der Waals surface area (Å²) in [6, 6.07) is 0. The molecule has 4 heavy (non-hydrogen) atoms. The second-order valence-electron chi connectivity index (χ2n) is 0. The van der Waals surface area contributed by atoms with Gasteiger partial charge in [0.1, 0.15) is 0 Å². The van der Waals surface area contributed by atoms with E-state index in [1.807, 2.05) is 0 Å². The maximum Gasteiger partial charge on any atom is 0 e. The second-order valence-corrected chi connectivity index (χ2v) is 0. The van der Waals surface area contributed by atoms with Crippen LogP contribution in [-0.4, -0.2) is 97.3 Å². The Hall–Kier alpha value is 3.66. The molecule has 0 aromatic carbocycles. The zero-order chi connectivity index (χ0) is 0. The Labute approximate surface area is 111 Å². The summed E-state index contributed by atoms with van der Waals surface area (Å²) in [7, 11) is 0. The van der Waals surface area contributed by atoms with E-state index in [-0.39, 0.29) is 114 Å². The third kappa shape index (κ3) is 9.18. The molecule has 14 valence electrons. The van der Waals surface area contributed by atoms with Crippen LogP contribution in [0.1, 0.15) is 0 Å². The van der Waals surface area contributed by atoms with E-state index in [4.69, 9.17) is 0 Å². The molecule has 4 radical (unpaired) electrons. The predicted octanol–water partition coefficient (Wildman–Crippen LogP) is -1.14. The summed E-state index contributed by atoms with van der Waals surface area (Å²) < 4.78 is 0. The fourth-order valence-corrected chi connectivity index (χ4v) is 0. The van der Waals surface area contributed by atoms with Gasteiger partial charge in [-0.25, -0.2) is 0 Å². The zero-order valence-corrected chi connectivity index (χ0v) is 10.5. The summed E-state index contributed by atoms with van der Waals surface area (Å²) in [4.78, 5) is 0. The standard InChI is InChI=1S/Ba.Li.Na.Ni. The SMILES string of the molecule is [Ba].[Li].[Na].[Ni]. The molecule has 0 saturated carbocycles. The van der Waals surface area contributed by atoms with Crippen molar-refractivity contribution in [1.29, 1.82) is 0 Å². The molecule has 0 aliphatic carbocycles. The average molecular weight is 226 g/mol. The van der Waals surface area contributed by atoms with Gasteiger partial charge in [0, 0.05) is 114 Å². The molecular formula is BaLiNaNi. The smallest absolute Gasteiger partial charge is 0 e. The van der Waals surface area contributed by atoms with Gasteiger partial charge in [-0.05, 0) is 0 Å². The molecule has 0 spiro atoms. The second kappa shape index (κ2) is 15.9.